The largest absolute Gasteiger partial charge is 0.394 e. The lowest BCUT2D eigenvalue weighted by Gasteiger charge is -2.29. The van der Waals surface area contributed by atoms with E-state index in [-0.39, 0.29) is 19.1 Å². The minimum atomic E-state index is -0.880. The summed E-state index contributed by atoms with van der Waals surface area (Å²) in [5, 5.41) is 24.3. The van der Waals surface area contributed by atoms with E-state index < -0.39 is 5.54 Å². The molecule has 0 heterocycles. The third-order valence-corrected chi connectivity index (χ3v) is 3.11. The van der Waals surface area contributed by atoms with E-state index in [1.807, 2.05) is 6.92 Å². The van der Waals surface area contributed by atoms with Crippen molar-refractivity contribution < 1.29 is 15.0 Å². The highest BCUT2D eigenvalue weighted by Gasteiger charge is 2.27. The van der Waals surface area contributed by atoms with E-state index >= 15 is 0 Å². The molecule has 0 radical (unpaired) electrons. The molecule has 18 heavy (non-hydrogen) atoms. The van der Waals surface area contributed by atoms with E-state index in [1.54, 1.807) is 0 Å². The van der Waals surface area contributed by atoms with Crippen LogP contribution in [-0.2, 0) is 4.79 Å². The Balaban J connectivity index is 3.82. The first kappa shape index (κ1) is 17.4. The molecule has 0 bridgehead atoms. The van der Waals surface area contributed by atoms with Crippen LogP contribution in [0, 0.1) is 5.92 Å². The average molecular weight is 260 g/mol. The Labute approximate surface area is 110 Å². The first-order valence-electron chi connectivity index (χ1n) is 6.73. The van der Waals surface area contributed by atoms with E-state index in [0.29, 0.717) is 25.3 Å². The number of hydrogen-bond donors (Lipinski definition) is 4. The number of aliphatic hydroxyl groups excluding tert-OH is 2. The lowest BCUT2D eigenvalue weighted by molar-refractivity contribution is -0.124. The van der Waals surface area contributed by atoms with Gasteiger partial charge in [0.25, 0.3) is 0 Å². The van der Waals surface area contributed by atoms with Crippen LogP contribution < -0.4 is 10.6 Å². The summed E-state index contributed by atoms with van der Waals surface area (Å²) < 4.78 is 0. The SMILES string of the molecule is CCC(CO)(CO)NC(=O)CCNCCC(C)C. The minimum absolute atomic E-state index is 0.142. The Kier molecular flexibility index (Phi) is 8.97. The van der Waals surface area contributed by atoms with Crippen molar-refractivity contribution in [1.82, 2.24) is 10.6 Å². The molecule has 0 aliphatic rings. The van der Waals surface area contributed by atoms with Gasteiger partial charge in [0, 0.05) is 13.0 Å². The number of rotatable bonds is 10. The van der Waals surface area contributed by atoms with Crippen LogP contribution in [0.15, 0.2) is 0 Å². The number of hydrogen-bond acceptors (Lipinski definition) is 4. The molecule has 108 valence electrons. The Morgan fingerprint density at radius 1 is 1.22 bits per heavy atom. The van der Waals surface area contributed by atoms with E-state index in [2.05, 4.69) is 24.5 Å². The topological polar surface area (TPSA) is 81.6 Å². The summed E-state index contributed by atoms with van der Waals surface area (Å²) in [7, 11) is 0. The van der Waals surface area contributed by atoms with Crippen molar-refractivity contribution in [3.63, 3.8) is 0 Å². The van der Waals surface area contributed by atoms with E-state index in [4.69, 9.17) is 0 Å². The maximum absolute atomic E-state index is 11.7. The van der Waals surface area contributed by atoms with Gasteiger partial charge in [0.1, 0.15) is 0 Å². The number of aliphatic hydroxyl groups is 2. The summed E-state index contributed by atoms with van der Waals surface area (Å²) in [6.07, 6.45) is 1.96. The van der Waals surface area contributed by atoms with E-state index in [1.165, 1.54) is 0 Å². The molecule has 4 N–H and O–H groups in total. The molecule has 0 atom stereocenters. The zero-order chi connectivity index (χ0) is 14.0. The van der Waals surface area contributed by atoms with Crippen LogP contribution in [0.2, 0.25) is 0 Å². The fourth-order valence-corrected chi connectivity index (χ4v) is 1.52. The first-order valence-corrected chi connectivity index (χ1v) is 6.73. The Morgan fingerprint density at radius 2 is 1.83 bits per heavy atom. The second kappa shape index (κ2) is 9.30. The zero-order valence-electron chi connectivity index (χ0n) is 11.8. The van der Waals surface area contributed by atoms with Gasteiger partial charge in [0.2, 0.25) is 5.91 Å². The van der Waals surface area contributed by atoms with E-state index in [0.717, 1.165) is 13.0 Å². The molecule has 0 spiro atoms. The van der Waals surface area contributed by atoms with Gasteiger partial charge in [-0.1, -0.05) is 20.8 Å². The highest BCUT2D eigenvalue weighted by molar-refractivity contribution is 5.77. The standard InChI is InChI=1S/C13H28N2O3/c1-4-13(9-16,10-17)15-12(18)6-8-14-7-5-11(2)3/h11,14,16-17H,4-10H2,1-3H3,(H,15,18). The molecule has 0 saturated heterocycles. The van der Waals surface area contributed by atoms with Crippen molar-refractivity contribution >= 4 is 5.91 Å². The van der Waals surface area contributed by atoms with Gasteiger partial charge in [-0.05, 0) is 25.3 Å². The monoisotopic (exact) mass is 260 g/mol. The van der Waals surface area contributed by atoms with Gasteiger partial charge in [0.15, 0.2) is 0 Å². The van der Waals surface area contributed by atoms with Gasteiger partial charge >= 0.3 is 0 Å². The van der Waals surface area contributed by atoms with Gasteiger partial charge in [-0.25, -0.2) is 0 Å². The van der Waals surface area contributed by atoms with Crippen LogP contribution in [0.3, 0.4) is 0 Å². The number of carbonyl (C=O) groups is 1. The predicted molar refractivity (Wildman–Crippen MR) is 72.3 cm³/mol. The van der Waals surface area contributed by atoms with Crippen molar-refractivity contribution in [1.29, 1.82) is 0 Å². The summed E-state index contributed by atoms with van der Waals surface area (Å²) in [5.41, 5.74) is -0.880. The van der Waals surface area contributed by atoms with Gasteiger partial charge in [-0.3, -0.25) is 4.79 Å². The third-order valence-electron chi connectivity index (χ3n) is 3.11. The molecule has 5 nitrogen and oxygen atoms in total. The zero-order valence-corrected chi connectivity index (χ0v) is 11.8. The van der Waals surface area contributed by atoms with Crippen molar-refractivity contribution in [2.75, 3.05) is 26.3 Å². The predicted octanol–water partition coefficient (Wildman–Crippen LogP) is 0.262. The van der Waals surface area contributed by atoms with Crippen LogP contribution in [-0.4, -0.2) is 48.0 Å². The fourth-order valence-electron chi connectivity index (χ4n) is 1.52. The Morgan fingerprint density at radius 3 is 2.28 bits per heavy atom. The van der Waals surface area contributed by atoms with Crippen LogP contribution >= 0.6 is 0 Å². The summed E-state index contributed by atoms with van der Waals surface area (Å²) in [4.78, 5) is 11.7. The van der Waals surface area contributed by atoms with Crippen molar-refractivity contribution in [3.8, 4) is 0 Å². The highest BCUT2D eigenvalue weighted by atomic mass is 16.3. The molecule has 0 rings (SSSR count). The third kappa shape index (κ3) is 6.93. The highest BCUT2D eigenvalue weighted by Crippen LogP contribution is 2.08. The van der Waals surface area contributed by atoms with Gasteiger partial charge in [-0.2, -0.15) is 0 Å². The van der Waals surface area contributed by atoms with Crippen molar-refractivity contribution in [2.45, 2.75) is 45.6 Å². The second-order valence-corrected chi connectivity index (χ2v) is 5.18. The Hall–Kier alpha value is -0.650. The summed E-state index contributed by atoms with van der Waals surface area (Å²) in [6.45, 7) is 7.19. The maximum atomic E-state index is 11.7. The molecule has 0 aromatic carbocycles. The van der Waals surface area contributed by atoms with Gasteiger partial charge in [0.05, 0.1) is 18.8 Å². The Bertz CT molecular complexity index is 220. The van der Waals surface area contributed by atoms with Crippen LogP contribution in [0.4, 0.5) is 0 Å². The quantitative estimate of drug-likeness (QED) is 0.425. The normalized spacial score (nSPS) is 11.9. The average Bonchev–Trinajstić information content (AvgIpc) is 2.35. The minimum Gasteiger partial charge on any atom is -0.394 e. The van der Waals surface area contributed by atoms with Crippen LogP contribution in [0.5, 0.6) is 0 Å². The molecule has 0 unspecified atom stereocenters. The molecule has 1 amide bonds. The number of nitrogens with one attached hydrogen (secondary N) is 2. The van der Waals surface area contributed by atoms with Gasteiger partial charge in [-0.15, -0.1) is 0 Å². The molecule has 0 aliphatic carbocycles. The molecule has 0 aromatic heterocycles. The molecule has 0 aliphatic heterocycles. The summed E-state index contributed by atoms with van der Waals surface area (Å²) in [6, 6.07) is 0. The summed E-state index contributed by atoms with van der Waals surface area (Å²) in [5.74, 6) is 0.514. The second-order valence-electron chi connectivity index (χ2n) is 5.18. The van der Waals surface area contributed by atoms with Gasteiger partial charge < -0.3 is 20.8 Å². The molecular weight excluding hydrogens is 232 g/mol. The fraction of sp³-hybridized carbons (Fsp3) is 0.923. The summed E-state index contributed by atoms with van der Waals surface area (Å²) >= 11 is 0. The molecule has 0 fully saturated rings. The smallest absolute Gasteiger partial charge is 0.221 e. The lowest BCUT2D eigenvalue weighted by Crippen LogP contribution is -2.54. The van der Waals surface area contributed by atoms with Crippen molar-refractivity contribution in [3.05, 3.63) is 0 Å². The molecule has 0 aromatic rings. The van der Waals surface area contributed by atoms with Crippen LogP contribution in [0.1, 0.15) is 40.0 Å². The lowest BCUT2D eigenvalue weighted by atomic mass is 9.98. The number of amides is 1. The van der Waals surface area contributed by atoms with Crippen LogP contribution in [0.25, 0.3) is 0 Å². The van der Waals surface area contributed by atoms with Crippen molar-refractivity contribution in [2.24, 2.45) is 5.92 Å². The molecule has 5 heteroatoms. The number of carbonyl (C=O) groups excluding carboxylic acids is 1. The maximum Gasteiger partial charge on any atom is 0.221 e. The molecule has 0 saturated carbocycles. The molecular formula is C13H28N2O3. The van der Waals surface area contributed by atoms with E-state index in [9.17, 15) is 15.0 Å². The first-order chi connectivity index (χ1) is 8.49.